The van der Waals surface area contributed by atoms with Crippen LogP contribution in [0, 0.1) is 11.8 Å². The predicted molar refractivity (Wildman–Crippen MR) is 72.5 cm³/mol. The number of hydrogen-bond donors (Lipinski definition) is 0. The van der Waals surface area contributed by atoms with Crippen LogP contribution in [0.25, 0.3) is 0 Å². The second-order valence-corrected chi connectivity index (χ2v) is 7.22. The van der Waals surface area contributed by atoms with Crippen molar-refractivity contribution in [3.63, 3.8) is 0 Å². The normalized spacial score (nSPS) is 43.6. The molecule has 4 rings (SSSR count). The molecule has 2 fully saturated rings. The molecule has 0 unspecified atom stereocenters. The molecule has 1 nitrogen and oxygen atoms in total. The van der Waals surface area contributed by atoms with Crippen LogP contribution in [0.2, 0.25) is 0 Å². The lowest BCUT2D eigenvalue weighted by Crippen LogP contribution is -2.50. The Bertz CT molecular complexity index is 504. The van der Waals surface area contributed by atoms with Crippen molar-refractivity contribution in [3.05, 3.63) is 35.4 Å². The Morgan fingerprint density at radius 1 is 1.17 bits per heavy atom. The smallest absolute Gasteiger partial charge is 0.0871 e. The molecule has 1 aliphatic heterocycles. The van der Waals surface area contributed by atoms with Gasteiger partial charge in [-0.2, -0.15) is 0 Å². The Morgan fingerprint density at radius 2 is 1.94 bits per heavy atom. The fourth-order valence-electron chi connectivity index (χ4n) is 4.82. The molecule has 2 aliphatic carbocycles. The molecule has 1 saturated carbocycles. The Labute approximate surface area is 110 Å². The third kappa shape index (κ3) is 1.17. The molecule has 0 spiro atoms. The largest absolute Gasteiger partial charge is 0.367 e. The van der Waals surface area contributed by atoms with Gasteiger partial charge in [-0.25, -0.2) is 0 Å². The van der Waals surface area contributed by atoms with Crippen molar-refractivity contribution in [1.29, 1.82) is 0 Å². The van der Waals surface area contributed by atoms with Crippen LogP contribution in [-0.4, -0.2) is 5.60 Å². The number of hydrogen-bond acceptors (Lipinski definition) is 1. The van der Waals surface area contributed by atoms with E-state index in [9.17, 15) is 0 Å². The van der Waals surface area contributed by atoms with Gasteiger partial charge in [0.25, 0.3) is 0 Å². The molecule has 2 bridgehead atoms. The van der Waals surface area contributed by atoms with E-state index in [1.54, 1.807) is 5.56 Å². The first-order chi connectivity index (χ1) is 8.52. The third-order valence-corrected chi connectivity index (χ3v) is 6.03. The summed E-state index contributed by atoms with van der Waals surface area (Å²) in [5, 5.41) is 0. The summed E-state index contributed by atoms with van der Waals surface area (Å²) in [6.07, 6.45) is 4.35. The van der Waals surface area contributed by atoms with E-state index in [-0.39, 0.29) is 5.60 Å². The van der Waals surface area contributed by atoms with Gasteiger partial charge in [0.1, 0.15) is 0 Å². The lowest BCUT2D eigenvalue weighted by molar-refractivity contribution is -0.192. The van der Waals surface area contributed by atoms with Gasteiger partial charge in [-0.3, -0.25) is 0 Å². The van der Waals surface area contributed by atoms with Crippen LogP contribution in [0.1, 0.15) is 57.3 Å². The summed E-state index contributed by atoms with van der Waals surface area (Å²) in [7, 11) is 0. The van der Waals surface area contributed by atoms with Crippen molar-refractivity contribution >= 4 is 0 Å². The highest BCUT2D eigenvalue weighted by Crippen LogP contribution is 2.63. The first-order valence-corrected chi connectivity index (χ1v) is 7.29. The van der Waals surface area contributed by atoms with Gasteiger partial charge < -0.3 is 4.74 Å². The van der Waals surface area contributed by atoms with Crippen molar-refractivity contribution in [2.75, 3.05) is 0 Å². The number of rotatable bonds is 0. The molecule has 1 aromatic rings. The lowest BCUT2D eigenvalue weighted by atomic mass is 9.60. The summed E-state index contributed by atoms with van der Waals surface area (Å²) in [5.74, 6) is 1.46. The van der Waals surface area contributed by atoms with Crippen molar-refractivity contribution in [2.24, 2.45) is 11.8 Å². The summed E-state index contributed by atoms with van der Waals surface area (Å²) in [5.41, 5.74) is 3.46. The lowest BCUT2D eigenvalue weighted by Gasteiger charge is -2.52. The van der Waals surface area contributed by atoms with Gasteiger partial charge >= 0.3 is 0 Å². The van der Waals surface area contributed by atoms with E-state index in [1.807, 2.05) is 0 Å². The molecular weight excluding hydrogens is 220 g/mol. The molecule has 18 heavy (non-hydrogen) atoms. The number of fused-ring (bicyclic) bond motifs is 4. The quantitative estimate of drug-likeness (QED) is 0.661. The van der Waals surface area contributed by atoms with Crippen LogP contribution in [0.5, 0.6) is 0 Å². The van der Waals surface area contributed by atoms with E-state index < -0.39 is 0 Å². The van der Waals surface area contributed by atoms with Gasteiger partial charge in [-0.1, -0.05) is 31.2 Å². The second kappa shape index (κ2) is 3.19. The Balaban J connectivity index is 1.91. The van der Waals surface area contributed by atoms with Crippen molar-refractivity contribution in [2.45, 2.75) is 57.2 Å². The fraction of sp³-hybridized carbons (Fsp3) is 0.647. The summed E-state index contributed by atoms with van der Waals surface area (Å²) in [6.45, 7) is 7.04. The molecule has 0 radical (unpaired) electrons. The van der Waals surface area contributed by atoms with Crippen LogP contribution >= 0.6 is 0 Å². The maximum absolute atomic E-state index is 6.52. The van der Waals surface area contributed by atoms with Crippen LogP contribution < -0.4 is 0 Å². The van der Waals surface area contributed by atoms with E-state index in [1.165, 1.54) is 24.8 Å². The number of ether oxygens (including phenoxy) is 1. The van der Waals surface area contributed by atoms with E-state index in [2.05, 4.69) is 45.0 Å². The Morgan fingerprint density at radius 3 is 2.78 bits per heavy atom. The van der Waals surface area contributed by atoms with E-state index in [0.717, 1.165) is 5.92 Å². The molecular formula is C17H22O. The van der Waals surface area contributed by atoms with Crippen LogP contribution in [0.4, 0.5) is 0 Å². The monoisotopic (exact) mass is 242 g/mol. The first kappa shape index (κ1) is 11.0. The Hall–Kier alpha value is -0.820. The minimum atomic E-state index is 0.0555. The molecule has 1 heteroatoms. The molecule has 1 aromatic carbocycles. The summed E-state index contributed by atoms with van der Waals surface area (Å²) in [6, 6.07) is 8.99. The zero-order chi connectivity index (χ0) is 12.5. The molecule has 4 atom stereocenters. The molecule has 96 valence electrons. The molecule has 3 aliphatic rings. The number of benzene rings is 1. The highest BCUT2D eigenvalue weighted by molar-refractivity contribution is 5.44. The van der Waals surface area contributed by atoms with Crippen molar-refractivity contribution < 1.29 is 4.74 Å². The molecule has 1 saturated heterocycles. The SMILES string of the molecule is CC1(C)O[C@H]2c3ccccc3[C@@]3(C)CC[C@H]1C[C@@H]23. The molecule has 0 aromatic heterocycles. The van der Waals surface area contributed by atoms with Gasteiger partial charge in [0, 0.05) is 0 Å². The van der Waals surface area contributed by atoms with Gasteiger partial charge in [0.2, 0.25) is 0 Å². The predicted octanol–water partition coefficient (Wildman–Crippen LogP) is 4.22. The van der Waals surface area contributed by atoms with Gasteiger partial charge in [-0.05, 0) is 61.5 Å². The van der Waals surface area contributed by atoms with Crippen LogP contribution in [0.3, 0.4) is 0 Å². The second-order valence-electron chi connectivity index (χ2n) is 7.22. The summed E-state index contributed by atoms with van der Waals surface area (Å²) in [4.78, 5) is 0. The van der Waals surface area contributed by atoms with Crippen molar-refractivity contribution in [3.8, 4) is 0 Å². The topological polar surface area (TPSA) is 9.23 Å². The highest BCUT2D eigenvalue weighted by atomic mass is 16.5. The summed E-state index contributed by atoms with van der Waals surface area (Å²) < 4.78 is 6.52. The average molecular weight is 242 g/mol. The summed E-state index contributed by atoms with van der Waals surface area (Å²) >= 11 is 0. The zero-order valence-corrected chi connectivity index (χ0v) is 11.6. The molecule has 1 heterocycles. The van der Waals surface area contributed by atoms with E-state index in [0.29, 0.717) is 17.4 Å². The molecule has 0 amide bonds. The minimum Gasteiger partial charge on any atom is -0.367 e. The Kier molecular flexibility index (Phi) is 1.96. The maximum Gasteiger partial charge on any atom is 0.0871 e. The van der Waals surface area contributed by atoms with Gasteiger partial charge in [-0.15, -0.1) is 0 Å². The standard InChI is InChI=1S/C17H22O/c1-16(2)11-8-9-17(3)13-7-5-4-6-12(13)15(18-16)14(17)10-11/h4-7,11,14-15H,8-10H2,1-3H3/t11-,14-,15-,17+/m0/s1. The fourth-order valence-corrected chi connectivity index (χ4v) is 4.82. The molecule has 0 N–H and O–H groups in total. The zero-order valence-electron chi connectivity index (χ0n) is 11.6. The van der Waals surface area contributed by atoms with Crippen LogP contribution in [-0.2, 0) is 10.2 Å². The average Bonchev–Trinajstić information content (AvgIpc) is 2.61. The maximum atomic E-state index is 6.52. The first-order valence-electron chi connectivity index (χ1n) is 7.29. The van der Waals surface area contributed by atoms with Gasteiger partial charge in [0.15, 0.2) is 0 Å². The van der Waals surface area contributed by atoms with Gasteiger partial charge in [0.05, 0.1) is 11.7 Å². The highest BCUT2D eigenvalue weighted by Gasteiger charge is 2.58. The van der Waals surface area contributed by atoms with Crippen molar-refractivity contribution in [1.82, 2.24) is 0 Å². The minimum absolute atomic E-state index is 0.0555. The third-order valence-electron chi connectivity index (χ3n) is 6.03. The van der Waals surface area contributed by atoms with E-state index >= 15 is 0 Å². The van der Waals surface area contributed by atoms with E-state index in [4.69, 9.17) is 4.74 Å². The van der Waals surface area contributed by atoms with Crippen LogP contribution in [0.15, 0.2) is 24.3 Å².